The lowest BCUT2D eigenvalue weighted by Gasteiger charge is -2.26. The number of amides is 1. The van der Waals surface area contributed by atoms with E-state index in [0.29, 0.717) is 0 Å². The van der Waals surface area contributed by atoms with Gasteiger partial charge in [0.05, 0.1) is 29.6 Å². The lowest BCUT2D eigenvalue weighted by atomic mass is 10.0. The van der Waals surface area contributed by atoms with E-state index in [0.717, 1.165) is 6.07 Å². The molecule has 2 N–H and O–H groups in total. The van der Waals surface area contributed by atoms with Crippen LogP contribution in [-0.4, -0.2) is 75.0 Å². The predicted octanol–water partition coefficient (Wildman–Crippen LogP) is 0.345. The number of carbonyl (C=O) groups excluding carboxylic acids is 2. The largest absolute Gasteiger partial charge is 0.454 e. The van der Waals surface area contributed by atoms with Crippen molar-refractivity contribution in [3.05, 3.63) is 28.3 Å². The number of sulfonamides is 1. The highest BCUT2D eigenvalue weighted by atomic mass is 32.2. The first-order valence-electron chi connectivity index (χ1n) is 10.1. The van der Waals surface area contributed by atoms with Gasteiger partial charge in [-0.1, -0.05) is 19.8 Å². The first-order valence-corrected chi connectivity index (χ1v) is 11.5. The van der Waals surface area contributed by atoms with Gasteiger partial charge in [-0.3, -0.25) is 14.9 Å². The number of ether oxygens (including phenoxy) is 2. The van der Waals surface area contributed by atoms with Gasteiger partial charge in [0.15, 0.2) is 6.61 Å². The summed E-state index contributed by atoms with van der Waals surface area (Å²) in [4.78, 5) is 34.8. The SMILES string of the molecule is C#CCNC(=O)COC(=O)[C@@H](Nc1ccc(S(=O)(=O)N2CCOCC2)cc1[N+](=O)[O-])C(C)C. The Hall–Kier alpha value is -3.21. The number of nitrogens with zero attached hydrogens (tertiary/aromatic N) is 2. The predicted molar refractivity (Wildman–Crippen MR) is 118 cm³/mol. The molecule has 0 radical (unpaired) electrons. The molecule has 33 heavy (non-hydrogen) atoms. The van der Waals surface area contributed by atoms with Crippen LogP contribution in [0.2, 0.25) is 0 Å². The molecular weight excluding hydrogens is 456 g/mol. The van der Waals surface area contributed by atoms with E-state index in [1.165, 1.54) is 16.4 Å². The van der Waals surface area contributed by atoms with Crippen molar-refractivity contribution >= 4 is 33.3 Å². The Bertz CT molecular complexity index is 1030. The molecule has 1 saturated heterocycles. The molecule has 0 aliphatic carbocycles. The lowest BCUT2D eigenvalue weighted by Crippen LogP contribution is -2.40. The van der Waals surface area contributed by atoms with Gasteiger partial charge < -0.3 is 20.1 Å². The second kappa shape index (κ2) is 11.6. The summed E-state index contributed by atoms with van der Waals surface area (Å²) in [5.41, 5.74) is -0.581. The number of terminal acetylenes is 1. The van der Waals surface area contributed by atoms with Gasteiger partial charge in [-0.25, -0.2) is 13.2 Å². The summed E-state index contributed by atoms with van der Waals surface area (Å²) in [5, 5.41) is 16.8. The molecule has 1 fully saturated rings. The zero-order valence-electron chi connectivity index (χ0n) is 18.3. The van der Waals surface area contributed by atoms with Gasteiger partial charge in [-0.15, -0.1) is 6.42 Å². The van der Waals surface area contributed by atoms with Crippen molar-refractivity contribution in [2.45, 2.75) is 24.8 Å². The maximum Gasteiger partial charge on any atom is 0.329 e. The maximum absolute atomic E-state index is 12.8. The van der Waals surface area contributed by atoms with Crippen LogP contribution in [0.4, 0.5) is 11.4 Å². The molecule has 0 saturated carbocycles. The van der Waals surface area contributed by atoms with Crippen LogP contribution in [0.15, 0.2) is 23.1 Å². The summed E-state index contributed by atoms with van der Waals surface area (Å²) in [5.74, 6) is 0.444. The summed E-state index contributed by atoms with van der Waals surface area (Å²) < 4.78 is 37.0. The highest BCUT2D eigenvalue weighted by molar-refractivity contribution is 7.89. The van der Waals surface area contributed by atoms with E-state index < -0.39 is 45.2 Å². The van der Waals surface area contributed by atoms with Crippen molar-refractivity contribution < 1.29 is 32.4 Å². The Morgan fingerprint density at radius 1 is 1.33 bits per heavy atom. The standard InChI is InChI=1S/C20H26N4O8S/c1-4-7-21-18(25)13-32-20(26)19(14(2)3)22-16-6-5-15(12-17(16)24(27)28)33(29,30)23-8-10-31-11-9-23/h1,5-6,12,14,19,22H,7-11,13H2,2-3H3,(H,21,25)/t19-/m0/s1. The molecule has 2 rings (SSSR count). The molecule has 1 aromatic rings. The van der Waals surface area contributed by atoms with Crippen LogP contribution in [0.1, 0.15) is 13.8 Å². The highest BCUT2D eigenvalue weighted by Crippen LogP contribution is 2.30. The van der Waals surface area contributed by atoms with Gasteiger partial charge >= 0.3 is 5.97 Å². The van der Waals surface area contributed by atoms with Crippen LogP contribution < -0.4 is 10.6 Å². The van der Waals surface area contributed by atoms with E-state index in [4.69, 9.17) is 15.9 Å². The number of benzene rings is 1. The summed E-state index contributed by atoms with van der Waals surface area (Å²) in [7, 11) is -3.95. The number of anilines is 1. The fourth-order valence-corrected chi connectivity index (χ4v) is 4.40. The van der Waals surface area contributed by atoms with Gasteiger partial charge in [0.1, 0.15) is 11.7 Å². The van der Waals surface area contributed by atoms with Gasteiger partial charge in [0, 0.05) is 19.2 Å². The van der Waals surface area contributed by atoms with E-state index in [9.17, 15) is 28.1 Å². The number of nitrogens with one attached hydrogen (secondary N) is 2. The molecule has 0 bridgehead atoms. The van der Waals surface area contributed by atoms with E-state index in [1.54, 1.807) is 13.8 Å². The average molecular weight is 483 g/mol. The number of nitro benzene ring substituents is 1. The molecule has 180 valence electrons. The summed E-state index contributed by atoms with van der Waals surface area (Å²) >= 11 is 0. The first kappa shape index (κ1) is 26.0. The Morgan fingerprint density at radius 2 is 2.00 bits per heavy atom. The van der Waals surface area contributed by atoms with Crippen LogP contribution in [0.3, 0.4) is 0 Å². The van der Waals surface area contributed by atoms with Crippen LogP contribution in [0, 0.1) is 28.4 Å². The van der Waals surface area contributed by atoms with Crippen molar-refractivity contribution in [3.8, 4) is 12.3 Å². The van der Waals surface area contributed by atoms with Gasteiger partial charge in [0.25, 0.3) is 11.6 Å². The average Bonchev–Trinajstić information content (AvgIpc) is 2.79. The quantitative estimate of drug-likeness (QED) is 0.208. The normalized spacial score (nSPS) is 15.3. The number of morpholine rings is 1. The van der Waals surface area contributed by atoms with Gasteiger partial charge in [-0.2, -0.15) is 4.31 Å². The van der Waals surface area contributed by atoms with Crippen LogP contribution in [0.5, 0.6) is 0 Å². The van der Waals surface area contributed by atoms with Crippen molar-refractivity contribution in [3.63, 3.8) is 0 Å². The maximum atomic E-state index is 12.8. The van der Waals surface area contributed by atoms with Crippen molar-refractivity contribution in [1.82, 2.24) is 9.62 Å². The van der Waals surface area contributed by atoms with Gasteiger partial charge in [0.2, 0.25) is 10.0 Å². The monoisotopic (exact) mass is 482 g/mol. The highest BCUT2D eigenvalue weighted by Gasteiger charge is 2.31. The number of hydrogen-bond donors (Lipinski definition) is 2. The van der Waals surface area contributed by atoms with Gasteiger partial charge in [-0.05, 0) is 18.1 Å². The fourth-order valence-electron chi connectivity index (χ4n) is 2.97. The Labute approximate surface area is 191 Å². The van der Waals surface area contributed by atoms with E-state index in [1.807, 2.05) is 0 Å². The molecule has 1 heterocycles. The number of nitro groups is 1. The van der Waals surface area contributed by atoms with E-state index in [2.05, 4.69) is 16.6 Å². The smallest absolute Gasteiger partial charge is 0.329 e. The zero-order chi connectivity index (χ0) is 24.6. The molecule has 1 aromatic carbocycles. The minimum absolute atomic E-state index is 0.0197. The first-order chi connectivity index (χ1) is 15.6. The third kappa shape index (κ3) is 6.88. The third-order valence-corrected chi connectivity index (χ3v) is 6.63. The molecule has 1 atom stereocenters. The second-order valence-electron chi connectivity index (χ2n) is 7.41. The minimum atomic E-state index is -3.95. The number of esters is 1. The fraction of sp³-hybridized carbons (Fsp3) is 0.500. The molecule has 1 aliphatic heterocycles. The zero-order valence-corrected chi connectivity index (χ0v) is 19.1. The number of carbonyl (C=O) groups is 2. The van der Waals surface area contributed by atoms with Crippen molar-refractivity contribution in [1.29, 1.82) is 0 Å². The van der Waals surface area contributed by atoms with Crippen molar-refractivity contribution in [2.24, 2.45) is 5.92 Å². The molecule has 1 amide bonds. The topological polar surface area (TPSA) is 157 Å². The molecule has 1 aliphatic rings. The summed E-state index contributed by atoms with van der Waals surface area (Å²) in [6, 6.07) is 2.37. The van der Waals surface area contributed by atoms with Crippen LogP contribution in [-0.2, 0) is 29.1 Å². The van der Waals surface area contributed by atoms with Crippen LogP contribution in [0.25, 0.3) is 0 Å². The van der Waals surface area contributed by atoms with Crippen LogP contribution >= 0.6 is 0 Å². The van der Waals surface area contributed by atoms with E-state index >= 15 is 0 Å². The molecule has 0 aromatic heterocycles. The summed E-state index contributed by atoms with van der Waals surface area (Å²) in [6.45, 7) is 3.54. The Kier molecular flexibility index (Phi) is 9.15. The second-order valence-corrected chi connectivity index (χ2v) is 9.35. The molecular formula is C20H26N4O8S. The van der Waals surface area contributed by atoms with E-state index in [-0.39, 0.29) is 49.3 Å². The number of rotatable bonds is 10. The molecule has 12 nitrogen and oxygen atoms in total. The summed E-state index contributed by atoms with van der Waals surface area (Å²) in [6.07, 6.45) is 5.04. The van der Waals surface area contributed by atoms with Crippen molar-refractivity contribution in [2.75, 3.05) is 44.8 Å². The minimum Gasteiger partial charge on any atom is -0.454 e. The Balaban J connectivity index is 2.23. The Morgan fingerprint density at radius 3 is 2.58 bits per heavy atom. The third-order valence-electron chi connectivity index (χ3n) is 4.74. The number of hydrogen-bond acceptors (Lipinski definition) is 9. The molecule has 0 spiro atoms. The molecule has 13 heteroatoms. The lowest BCUT2D eigenvalue weighted by molar-refractivity contribution is -0.384. The molecule has 0 unspecified atom stereocenters.